The van der Waals surface area contributed by atoms with Crippen molar-refractivity contribution in [3.63, 3.8) is 0 Å². The number of nitrogens with one attached hydrogen (secondary N) is 3. The van der Waals surface area contributed by atoms with Crippen LogP contribution >= 0.6 is 0 Å². The van der Waals surface area contributed by atoms with Gasteiger partial charge in [0, 0.05) is 32.7 Å². The van der Waals surface area contributed by atoms with Crippen LogP contribution < -0.4 is 16.6 Å². The van der Waals surface area contributed by atoms with E-state index in [1.165, 1.54) is 4.57 Å². The predicted molar refractivity (Wildman–Crippen MR) is 79.4 cm³/mol. The molecular weight excluding hydrogens is 272 g/mol. The lowest BCUT2D eigenvalue weighted by atomic mass is 10.3. The summed E-state index contributed by atoms with van der Waals surface area (Å²) >= 11 is 0. The number of fused-ring (bicyclic) bond motifs is 1. The van der Waals surface area contributed by atoms with E-state index >= 15 is 0 Å². The molecule has 1 fully saturated rings. The van der Waals surface area contributed by atoms with E-state index in [-0.39, 0.29) is 0 Å². The largest absolute Gasteiger partial charge is 0.335 e. The summed E-state index contributed by atoms with van der Waals surface area (Å²) in [4.78, 5) is 35.9. The number of hydrogen-bond donors (Lipinski definition) is 3. The van der Waals surface area contributed by atoms with Crippen LogP contribution in [0.2, 0.25) is 0 Å². The van der Waals surface area contributed by atoms with E-state index in [1.807, 2.05) is 6.92 Å². The monoisotopic (exact) mass is 292 g/mol. The molecule has 8 heteroatoms. The molecule has 8 nitrogen and oxygen atoms in total. The van der Waals surface area contributed by atoms with E-state index < -0.39 is 11.2 Å². The number of hydrogen-bond acceptors (Lipinski definition) is 5. The number of aromatic nitrogens is 4. The average molecular weight is 292 g/mol. The van der Waals surface area contributed by atoms with Gasteiger partial charge in [0.25, 0.3) is 5.56 Å². The van der Waals surface area contributed by atoms with Gasteiger partial charge in [-0.25, -0.2) is 9.78 Å². The Morgan fingerprint density at radius 3 is 2.67 bits per heavy atom. The number of nitrogens with zero attached hydrogens (tertiary/aromatic N) is 3. The number of aryl methyl sites for hydroxylation is 1. The van der Waals surface area contributed by atoms with Gasteiger partial charge in [0.1, 0.15) is 11.3 Å². The lowest BCUT2D eigenvalue weighted by molar-refractivity contribution is 0.228. The highest BCUT2D eigenvalue weighted by Gasteiger charge is 2.15. The van der Waals surface area contributed by atoms with Gasteiger partial charge in [-0.05, 0) is 6.42 Å². The van der Waals surface area contributed by atoms with Crippen LogP contribution in [0, 0.1) is 0 Å². The van der Waals surface area contributed by atoms with Crippen LogP contribution in [0.15, 0.2) is 9.59 Å². The highest BCUT2D eigenvalue weighted by Crippen LogP contribution is 2.08. The second-order valence-electron chi connectivity index (χ2n) is 5.32. The number of aromatic amines is 2. The van der Waals surface area contributed by atoms with Crippen LogP contribution in [-0.4, -0.2) is 50.6 Å². The van der Waals surface area contributed by atoms with Gasteiger partial charge in [0.15, 0.2) is 5.65 Å². The Kier molecular flexibility index (Phi) is 3.89. The van der Waals surface area contributed by atoms with Crippen LogP contribution in [0.3, 0.4) is 0 Å². The van der Waals surface area contributed by atoms with E-state index in [2.05, 4.69) is 25.2 Å². The maximum Gasteiger partial charge on any atom is 0.330 e. The highest BCUT2D eigenvalue weighted by molar-refractivity contribution is 5.69. The number of piperazine rings is 1. The van der Waals surface area contributed by atoms with E-state index in [9.17, 15) is 9.59 Å². The fraction of sp³-hybridized carbons (Fsp3) is 0.615. The van der Waals surface area contributed by atoms with E-state index in [1.54, 1.807) is 0 Å². The Bertz CT molecular complexity index is 737. The van der Waals surface area contributed by atoms with Crippen molar-refractivity contribution in [3.05, 3.63) is 26.7 Å². The van der Waals surface area contributed by atoms with Crippen LogP contribution in [0.4, 0.5) is 0 Å². The van der Waals surface area contributed by atoms with Crippen molar-refractivity contribution < 1.29 is 0 Å². The molecule has 1 aliphatic heterocycles. The first-order valence-corrected chi connectivity index (χ1v) is 7.34. The summed E-state index contributed by atoms with van der Waals surface area (Å²) in [6, 6.07) is 0. The first-order valence-electron chi connectivity index (χ1n) is 7.34. The Hall–Kier alpha value is -1.93. The molecule has 2 aromatic heterocycles. The topological polar surface area (TPSA) is 98.8 Å². The Labute approximate surface area is 121 Å². The molecule has 3 N–H and O–H groups in total. The van der Waals surface area contributed by atoms with Crippen molar-refractivity contribution >= 4 is 11.2 Å². The summed E-state index contributed by atoms with van der Waals surface area (Å²) < 4.78 is 1.52. The fourth-order valence-corrected chi connectivity index (χ4v) is 2.68. The fourth-order valence-electron chi connectivity index (χ4n) is 2.68. The normalized spacial score (nSPS) is 16.6. The molecule has 0 saturated carbocycles. The first-order chi connectivity index (χ1) is 10.2. The smallest absolute Gasteiger partial charge is 0.330 e. The molecule has 0 spiro atoms. The lowest BCUT2D eigenvalue weighted by Gasteiger charge is -2.26. The van der Waals surface area contributed by atoms with Crippen molar-refractivity contribution in [3.8, 4) is 0 Å². The van der Waals surface area contributed by atoms with Gasteiger partial charge in [-0.3, -0.25) is 19.2 Å². The zero-order valence-electron chi connectivity index (χ0n) is 12.1. The third kappa shape index (κ3) is 2.77. The van der Waals surface area contributed by atoms with Crippen LogP contribution in [0.25, 0.3) is 11.2 Å². The molecular formula is C13H20N6O2. The summed E-state index contributed by atoms with van der Waals surface area (Å²) in [6.07, 6.45) is 0.807. The van der Waals surface area contributed by atoms with Gasteiger partial charge in [0.05, 0.1) is 6.54 Å². The molecule has 0 atom stereocenters. The van der Waals surface area contributed by atoms with Crippen molar-refractivity contribution in [1.82, 2.24) is 29.7 Å². The van der Waals surface area contributed by atoms with Crippen molar-refractivity contribution in [2.75, 3.05) is 26.2 Å². The number of rotatable bonds is 4. The van der Waals surface area contributed by atoms with Gasteiger partial charge in [0.2, 0.25) is 0 Å². The second kappa shape index (κ2) is 5.82. The summed E-state index contributed by atoms with van der Waals surface area (Å²) in [5.41, 5.74) is 0.0416. The van der Waals surface area contributed by atoms with Gasteiger partial charge < -0.3 is 10.3 Å². The molecule has 2 aromatic rings. The molecule has 0 radical (unpaired) electrons. The van der Waals surface area contributed by atoms with Gasteiger partial charge in [-0.1, -0.05) is 6.92 Å². The number of H-pyrrole nitrogens is 2. The number of imidazole rings is 1. The summed E-state index contributed by atoms with van der Waals surface area (Å²) in [7, 11) is 0. The van der Waals surface area contributed by atoms with Crippen LogP contribution in [0.5, 0.6) is 0 Å². The van der Waals surface area contributed by atoms with E-state index in [0.29, 0.717) is 24.3 Å². The molecule has 0 bridgehead atoms. The van der Waals surface area contributed by atoms with Crippen LogP contribution in [0.1, 0.15) is 19.2 Å². The second-order valence-corrected chi connectivity index (χ2v) is 5.32. The standard InChI is InChI=1S/C13H20N6O2/c1-2-5-19-11-10(12(20)17-13(19)21)15-9(16-11)8-18-6-3-14-4-7-18/h14H,2-8H2,1H3,(H,15,16)(H,17,20,21). The quantitative estimate of drug-likeness (QED) is 0.687. The summed E-state index contributed by atoms with van der Waals surface area (Å²) in [5, 5.41) is 3.30. The van der Waals surface area contributed by atoms with Crippen molar-refractivity contribution in [2.45, 2.75) is 26.4 Å². The van der Waals surface area contributed by atoms with E-state index in [4.69, 9.17) is 0 Å². The molecule has 1 aliphatic rings. The first kappa shape index (κ1) is 14.0. The molecule has 3 rings (SSSR count). The van der Waals surface area contributed by atoms with Gasteiger partial charge in [-0.15, -0.1) is 0 Å². The summed E-state index contributed by atoms with van der Waals surface area (Å²) in [6.45, 7) is 7.02. The van der Waals surface area contributed by atoms with Crippen molar-refractivity contribution in [1.29, 1.82) is 0 Å². The van der Waals surface area contributed by atoms with Gasteiger partial charge >= 0.3 is 5.69 Å². The Balaban J connectivity index is 1.98. The van der Waals surface area contributed by atoms with Gasteiger partial charge in [-0.2, -0.15) is 0 Å². The average Bonchev–Trinajstić information content (AvgIpc) is 2.89. The maximum absolute atomic E-state index is 11.9. The minimum absolute atomic E-state index is 0.383. The molecule has 0 aromatic carbocycles. The Morgan fingerprint density at radius 2 is 1.95 bits per heavy atom. The third-order valence-electron chi connectivity index (χ3n) is 3.71. The SMILES string of the molecule is CCCn1c(=O)[nH]c(=O)c2[nH]c(CN3CCNCC3)nc21. The molecule has 21 heavy (non-hydrogen) atoms. The van der Waals surface area contributed by atoms with E-state index in [0.717, 1.165) is 38.4 Å². The maximum atomic E-state index is 11.9. The lowest BCUT2D eigenvalue weighted by Crippen LogP contribution is -2.43. The molecule has 3 heterocycles. The molecule has 0 aliphatic carbocycles. The predicted octanol–water partition coefficient (Wildman–Crippen LogP) is -0.772. The zero-order valence-corrected chi connectivity index (χ0v) is 12.1. The minimum Gasteiger partial charge on any atom is -0.335 e. The molecule has 0 amide bonds. The summed E-state index contributed by atoms with van der Waals surface area (Å²) in [5.74, 6) is 0.729. The van der Waals surface area contributed by atoms with Crippen LogP contribution in [-0.2, 0) is 13.1 Å². The minimum atomic E-state index is -0.401. The molecule has 1 saturated heterocycles. The Morgan fingerprint density at radius 1 is 1.19 bits per heavy atom. The third-order valence-corrected chi connectivity index (χ3v) is 3.71. The molecule has 114 valence electrons. The van der Waals surface area contributed by atoms with Crippen molar-refractivity contribution in [2.24, 2.45) is 0 Å². The molecule has 0 unspecified atom stereocenters. The zero-order chi connectivity index (χ0) is 14.8. The highest BCUT2D eigenvalue weighted by atomic mass is 16.2.